The zero-order valence-electron chi connectivity index (χ0n) is 11.7. The molecule has 1 fully saturated rings. The second kappa shape index (κ2) is 5.13. The van der Waals surface area contributed by atoms with E-state index in [4.69, 9.17) is 4.52 Å². The molecule has 1 aliphatic rings. The van der Waals surface area contributed by atoms with Gasteiger partial charge in [0, 0.05) is 31.7 Å². The lowest BCUT2D eigenvalue weighted by Crippen LogP contribution is -2.44. The van der Waals surface area contributed by atoms with Crippen LogP contribution < -0.4 is 4.90 Å². The SMILES string of the molecule is Cc1cc(O)ccc1-c1nc(N2CCN(C)CC2)no1. The van der Waals surface area contributed by atoms with Gasteiger partial charge in [-0.25, -0.2) is 0 Å². The summed E-state index contributed by atoms with van der Waals surface area (Å²) >= 11 is 0. The van der Waals surface area contributed by atoms with Crippen molar-refractivity contribution >= 4 is 5.95 Å². The van der Waals surface area contributed by atoms with Crippen LogP contribution in [0, 0.1) is 6.92 Å². The van der Waals surface area contributed by atoms with E-state index < -0.39 is 0 Å². The first-order chi connectivity index (χ1) is 9.63. The summed E-state index contributed by atoms with van der Waals surface area (Å²) in [6.07, 6.45) is 0. The van der Waals surface area contributed by atoms with E-state index >= 15 is 0 Å². The van der Waals surface area contributed by atoms with Gasteiger partial charge in [-0.2, -0.15) is 4.98 Å². The number of benzene rings is 1. The summed E-state index contributed by atoms with van der Waals surface area (Å²) in [7, 11) is 2.11. The van der Waals surface area contributed by atoms with Gasteiger partial charge in [0.2, 0.25) is 0 Å². The molecule has 0 aliphatic carbocycles. The Bertz CT molecular complexity index is 603. The van der Waals surface area contributed by atoms with Gasteiger partial charge >= 0.3 is 0 Å². The number of hydrogen-bond acceptors (Lipinski definition) is 6. The normalized spacial score (nSPS) is 16.6. The van der Waals surface area contributed by atoms with Crippen LogP contribution in [0.2, 0.25) is 0 Å². The summed E-state index contributed by atoms with van der Waals surface area (Å²) < 4.78 is 5.35. The minimum Gasteiger partial charge on any atom is -0.508 e. The number of phenolic OH excluding ortho intramolecular Hbond substituents is 1. The van der Waals surface area contributed by atoms with Crippen molar-refractivity contribution in [1.29, 1.82) is 0 Å². The third kappa shape index (κ3) is 2.46. The van der Waals surface area contributed by atoms with E-state index in [9.17, 15) is 5.11 Å². The van der Waals surface area contributed by atoms with Crippen LogP contribution in [-0.2, 0) is 0 Å². The van der Waals surface area contributed by atoms with Gasteiger partial charge in [-0.05, 0) is 42.9 Å². The van der Waals surface area contributed by atoms with Gasteiger partial charge in [-0.3, -0.25) is 0 Å². The summed E-state index contributed by atoms with van der Waals surface area (Å²) in [6, 6.07) is 5.11. The highest BCUT2D eigenvalue weighted by molar-refractivity contribution is 5.60. The molecule has 106 valence electrons. The van der Waals surface area contributed by atoms with Gasteiger partial charge in [-0.15, -0.1) is 0 Å². The molecule has 0 amide bonds. The lowest BCUT2D eigenvalue weighted by atomic mass is 10.1. The number of likely N-dealkylation sites (N-methyl/N-ethyl adjacent to an activating group) is 1. The Morgan fingerprint density at radius 2 is 1.95 bits per heavy atom. The minimum atomic E-state index is 0.241. The number of anilines is 1. The fraction of sp³-hybridized carbons (Fsp3) is 0.429. The molecule has 6 heteroatoms. The molecule has 0 spiro atoms. The highest BCUT2D eigenvalue weighted by atomic mass is 16.5. The van der Waals surface area contributed by atoms with E-state index in [-0.39, 0.29) is 5.75 Å². The predicted molar refractivity (Wildman–Crippen MR) is 75.8 cm³/mol. The van der Waals surface area contributed by atoms with E-state index in [1.54, 1.807) is 18.2 Å². The highest BCUT2D eigenvalue weighted by Gasteiger charge is 2.20. The van der Waals surface area contributed by atoms with Gasteiger partial charge in [-0.1, -0.05) is 0 Å². The average molecular weight is 274 g/mol. The van der Waals surface area contributed by atoms with Crippen molar-refractivity contribution in [2.45, 2.75) is 6.92 Å². The number of phenols is 1. The Morgan fingerprint density at radius 3 is 2.65 bits per heavy atom. The van der Waals surface area contributed by atoms with E-state index in [1.807, 2.05) is 6.92 Å². The maximum absolute atomic E-state index is 9.44. The Morgan fingerprint density at radius 1 is 1.20 bits per heavy atom. The van der Waals surface area contributed by atoms with Crippen LogP contribution in [0.3, 0.4) is 0 Å². The van der Waals surface area contributed by atoms with Gasteiger partial charge in [0.15, 0.2) is 0 Å². The molecule has 20 heavy (non-hydrogen) atoms. The molecule has 3 rings (SSSR count). The number of aromatic nitrogens is 2. The van der Waals surface area contributed by atoms with Crippen molar-refractivity contribution in [2.75, 3.05) is 38.1 Å². The lowest BCUT2D eigenvalue weighted by Gasteiger charge is -2.31. The number of nitrogens with zero attached hydrogens (tertiary/aromatic N) is 4. The maximum Gasteiger partial charge on any atom is 0.266 e. The van der Waals surface area contributed by atoms with Crippen LogP contribution in [0.15, 0.2) is 22.7 Å². The standard InChI is InChI=1S/C14H18N4O2/c1-10-9-11(19)3-4-12(10)13-15-14(16-20-13)18-7-5-17(2)6-8-18/h3-4,9,19H,5-8H2,1-2H3. The van der Waals surface area contributed by atoms with Crippen LogP contribution in [0.25, 0.3) is 11.5 Å². The molecule has 0 bridgehead atoms. The Kier molecular flexibility index (Phi) is 3.31. The van der Waals surface area contributed by atoms with E-state index in [1.165, 1.54) is 0 Å². The first kappa shape index (κ1) is 12.9. The monoisotopic (exact) mass is 274 g/mol. The molecule has 0 atom stereocenters. The minimum absolute atomic E-state index is 0.241. The third-order valence-corrected chi connectivity index (χ3v) is 3.64. The fourth-order valence-electron chi connectivity index (χ4n) is 2.35. The molecule has 0 unspecified atom stereocenters. The molecule has 1 aliphatic heterocycles. The van der Waals surface area contributed by atoms with Crippen LogP contribution in [0.4, 0.5) is 5.95 Å². The summed E-state index contributed by atoms with van der Waals surface area (Å²) in [5.41, 5.74) is 1.77. The lowest BCUT2D eigenvalue weighted by molar-refractivity contribution is 0.309. The molecular formula is C14H18N4O2. The first-order valence-electron chi connectivity index (χ1n) is 6.70. The summed E-state index contributed by atoms with van der Waals surface area (Å²) in [5, 5.41) is 13.5. The summed E-state index contributed by atoms with van der Waals surface area (Å²) in [6.45, 7) is 5.73. The number of piperazine rings is 1. The number of rotatable bonds is 2. The van der Waals surface area contributed by atoms with E-state index in [0.29, 0.717) is 11.8 Å². The van der Waals surface area contributed by atoms with Crippen molar-refractivity contribution in [3.8, 4) is 17.2 Å². The predicted octanol–water partition coefficient (Wildman–Crippen LogP) is 1.50. The molecule has 1 N–H and O–H groups in total. The van der Waals surface area contributed by atoms with Crippen LogP contribution in [-0.4, -0.2) is 53.4 Å². The smallest absolute Gasteiger partial charge is 0.266 e. The molecule has 2 heterocycles. The second-order valence-corrected chi connectivity index (χ2v) is 5.19. The van der Waals surface area contributed by atoms with Gasteiger partial charge in [0.1, 0.15) is 5.75 Å². The van der Waals surface area contributed by atoms with E-state index in [2.05, 4.69) is 27.0 Å². The Hall–Kier alpha value is -2.08. The van der Waals surface area contributed by atoms with Crippen LogP contribution in [0.5, 0.6) is 5.75 Å². The summed E-state index contributed by atoms with van der Waals surface area (Å²) in [4.78, 5) is 8.87. The topological polar surface area (TPSA) is 65.6 Å². The van der Waals surface area contributed by atoms with Gasteiger partial charge in [0.25, 0.3) is 11.8 Å². The molecule has 1 aromatic heterocycles. The Balaban J connectivity index is 1.83. The van der Waals surface area contributed by atoms with Crippen molar-refractivity contribution in [3.63, 3.8) is 0 Å². The number of aromatic hydroxyl groups is 1. The van der Waals surface area contributed by atoms with Crippen LogP contribution >= 0.6 is 0 Å². The maximum atomic E-state index is 9.44. The van der Waals surface area contributed by atoms with Crippen molar-refractivity contribution in [2.24, 2.45) is 0 Å². The molecule has 0 saturated carbocycles. The number of hydrogen-bond donors (Lipinski definition) is 1. The first-order valence-corrected chi connectivity index (χ1v) is 6.70. The fourth-order valence-corrected chi connectivity index (χ4v) is 2.35. The van der Waals surface area contributed by atoms with Gasteiger partial charge in [0.05, 0.1) is 0 Å². The summed E-state index contributed by atoms with van der Waals surface area (Å²) in [5.74, 6) is 1.38. The quantitative estimate of drug-likeness (QED) is 0.895. The molecule has 6 nitrogen and oxygen atoms in total. The number of aryl methyl sites for hydroxylation is 1. The van der Waals surface area contributed by atoms with Gasteiger partial charge < -0.3 is 19.4 Å². The molecule has 1 aromatic carbocycles. The molecule has 2 aromatic rings. The zero-order chi connectivity index (χ0) is 14.1. The average Bonchev–Trinajstić information content (AvgIpc) is 2.89. The molecular weight excluding hydrogens is 256 g/mol. The largest absolute Gasteiger partial charge is 0.508 e. The molecule has 1 saturated heterocycles. The third-order valence-electron chi connectivity index (χ3n) is 3.64. The van der Waals surface area contributed by atoms with Crippen molar-refractivity contribution < 1.29 is 9.63 Å². The molecule has 0 radical (unpaired) electrons. The van der Waals surface area contributed by atoms with Crippen LogP contribution in [0.1, 0.15) is 5.56 Å². The zero-order valence-corrected chi connectivity index (χ0v) is 11.7. The second-order valence-electron chi connectivity index (χ2n) is 5.19. The highest BCUT2D eigenvalue weighted by Crippen LogP contribution is 2.26. The Labute approximate surface area is 117 Å². The van der Waals surface area contributed by atoms with E-state index in [0.717, 1.165) is 37.3 Å². The van der Waals surface area contributed by atoms with Crippen molar-refractivity contribution in [3.05, 3.63) is 23.8 Å². The van der Waals surface area contributed by atoms with Crippen molar-refractivity contribution in [1.82, 2.24) is 15.0 Å².